The fourth-order valence-electron chi connectivity index (χ4n) is 4.12. The number of fused-ring (bicyclic) bond motifs is 1. The van der Waals surface area contributed by atoms with Gasteiger partial charge in [0.1, 0.15) is 25.1 Å². The Labute approximate surface area is 224 Å². The van der Waals surface area contributed by atoms with Gasteiger partial charge in [-0.15, -0.1) is 0 Å². The number of carbonyl (C=O) groups is 2. The summed E-state index contributed by atoms with van der Waals surface area (Å²) in [5.74, 6) is -0.166. The van der Waals surface area contributed by atoms with Gasteiger partial charge in [0.2, 0.25) is 21.8 Å². The van der Waals surface area contributed by atoms with Gasteiger partial charge in [-0.05, 0) is 38.0 Å². The highest BCUT2D eigenvalue weighted by Crippen LogP contribution is 2.34. The minimum Gasteiger partial charge on any atom is -0.486 e. The molecule has 0 unspecified atom stereocenters. The van der Waals surface area contributed by atoms with Crippen molar-refractivity contribution in [2.75, 3.05) is 36.9 Å². The van der Waals surface area contributed by atoms with Crippen LogP contribution in [0.5, 0.6) is 11.5 Å². The SMILES string of the molecule is CCCCNC(=O)[C@@H](C)N(Cc1ccccc1F)C(=O)CCCN(c1ccc2c(c1)OCCO2)S(C)(=O)=O. The number of nitrogens with zero attached hydrogens (tertiary/aromatic N) is 2. The second-order valence-corrected chi connectivity index (χ2v) is 11.1. The van der Waals surface area contributed by atoms with Gasteiger partial charge in [0, 0.05) is 37.7 Å². The van der Waals surface area contributed by atoms with Crippen molar-refractivity contribution in [3.8, 4) is 11.5 Å². The number of rotatable bonds is 13. The molecule has 2 aromatic carbocycles. The first-order valence-corrected chi connectivity index (χ1v) is 14.6. The van der Waals surface area contributed by atoms with Gasteiger partial charge in [0.05, 0.1) is 11.9 Å². The maximum atomic E-state index is 14.4. The summed E-state index contributed by atoms with van der Waals surface area (Å²) in [6, 6.07) is 10.2. The molecule has 0 aliphatic carbocycles. The topological polar surface area (TPSA) is 105 Å². The van der Waals surface area contributed by atoms with E-state index in [1.165, 1.54) is 15.3 Å². The molecular formula is C27H36FN3O6S. The molecule has 0 fully saturated rings. The first-order valence-electron chi connectivity index (χ1n) is 12.8. The number of benzene rings is 2. The number of unbranched alkanes of at least 4 members (excludes halogenated alkanes) is 1. The molecule has 1 aliphatic heterocycles. The number of amides is 2. The predicted molar refractivity (Wildman–Crippen MR) is 143 cm³/mol. The third kappa shape index (κ3) is 7.83. The highest BCUT2D eigenvalue weighted by atomic mass is 32.2. The van der Waals surface area contributed by atoms with Crippen molar-refractivity contribution in [2.45, 2.75) is 52.1 Å². The van der Waals surface area contributed by atoms with Gasteiger partial charge in [0.25, 0.3) is 0 Å². The Kier molecular flexibility index (Phi) is 10.3. The molecular weight excluding hydrogens is 513 g/mol. The van der Waals surface area contributed by atoms with Gasteiger partial charge >= 0.3 is 0 Å². The highest BCUT2D eigenvalue weighted by molar-refractivity contribution is 7.92. The molecule has 0 spiro atoms. The number of hydrogen-bond donors (Lipinski definition) is 1. The lowest BCUT2D eigenvalue weighted by Crippen LogP contribution is -2.48. The van der Waals surface area contributed by atoms with Crippen LogP contribution in [0, 0.1) is 5.82 Å². The van der Waals surface area contributed by atoms with Crippen LogP contribution in [-0.2, 0) is 26.2 Å². The molecule has 9 nitrogen and oxygen atoms in total. The zero-order valence-electron chi connectivity index (χ0n) is 22.1. The van der Waals surface area contributed by atoms with Crippen LogP contribution in [0.2, 0.25) is 0 Å². The van der Waals surface area contributed by atoms with Gasteiger partial charge in [0.15, 0.2) is 11.5 Å². The van der Waals surface area contributed by atoms with E-state index in [4.69, 9.17) is 9.47 Å². The van der Waals surface area contributed by atoms with Crippen LogP contribution in [0.15, 0.2) is 42.5 Å². The fourth-order valence-corrected chi connectivity index (χ4v) is 5.08. The standard InChI is InChI=1S/C27H36FN3O6S/c1-4-5-14-29-27(33)20(2)30(19-21-9-6-7-10-23(21)28)26(32)11-8-15-31(38(3,34)35)22-12-13-24-25(18-22)37-17-16-36-24/h6-7,9-10,12-13,18,20H,4-5,8,11,14-17,19H2,1-3H3,(H,29,33)/t20-/m1/s1. The molecule has 0 aromatic heterocycles. The van der Waals surface area contributed by atoms with E-state index in [1.807, 2.05) is 6.92 Å². The summed E-state index contributed by atoms with van der Waals surface area (Å²) in [6.45, 7) is 4.85. The Balaban J connectivity index is 1.72. The maximum Gasteiger partial charge on any atom is 0.242 e. The third-order valence-corrected chi connectivity index (χ3v) is 7.46. The van der Waals surface area contributed by atoms with Gasteiger partial charge in [-0.1, -0.05) is 31.5 Å². The van der Waals surface area contributed by atoms with Crippen molar-refractivity contribution < 1.29 is 31.9 Å². The number of ether oxygens (including phenoxy) is 2. The summed E-state index contributed by atoms with van der Waals surface area (Å²) in [5.41, 5.74) is 0.694. The molecule has 0 radical (unpaired) electrons. The molecule has 1 heterocycles. The molecule has 2 aromatic rings. The lowest BCUT2D eigenvalue weighted by Gasteiger charge is -2.29. The summed E-state index contributed by atoms with van der Waals surface area (Å²) in [7, 11) is -3.66. The van der Waals surface area contributed by atoms with Gasteiger partial charge in [-0.25, -0.2) is 12.8 Å². The van der Waals surface area contributed by atoms with E-state index in [9.17, 15) is 22.4 Å². The second-order valence-electron chi connectivity index (χ2n) is 9.20. The van der Waals surface area contributed by atoms with Gasteiger partial charge < -0.3 is 19.7 Å². The minimum absolute atomic E-state index is 0.0302. The first kappa shape index (κ1) is 29.2. The van der Waals surface area contributed by atoms with E-state index in [1.54, 1.807) is 43.3 Å². The lowest BCUT2D eigenvalue weighted by atomic mass is 10.1. The average molecular weight is 550 g/mol. The van der Waals surface area contributed by atoms with Crippen molar-refractivity contribution in [1.82, 2.24) is 10.2 Å². The number of carbonyl (C=O) groups excluding carboxylic acids is 2. The summed E-state index contributed by atoms with van der Waals surface area (Å²) in [5, 5.41) is 2.82. The van der Waals surface area contributed by atoms with Crippen LogP contribution in [0.3, 0.4) is 0 Å². The number of sulfonamides is 1. The molecule has 1 N–H and O–H groups in total. The van der Waals surface area contributed by atoms with Crippen LogP contribution in [0.1, 0.15) is 45.1 Å². The van der Waals surface area contributed by atoms with Gasteiger partial charge in [-0.2, -0.15) is 0 Å². The molecule has 1 aliphatic rings. The Bertz CT molecular complexity index is 1220. The van der Waals surface area contributed by atoms with Gasteiger partial charge in [-0.3, -0.25) is 13.9 Å². The monoisotopic (exact) mass is 549 g/mol. The van der Waals surface area contributed by atoms with E-state index in [2.05, 4.69) is 5.32 Å². The number of nitrogens with one attached hydrogen (secondary N) is 1. The maximum absolute atomic E-state index is 14.4. The van der Waals surface area contributed by atoms with Crippen molar-refractivity contribution in [3.63, 3.8) is 0 Å². The van der Waals surface area contributed by atoms with Crippen molar-refractivity contribution in [3.05, 3.63) is 53.8 Å². The highest BCUT2D eigenvalue weighted by Gasteiger charge is 2.27. The zero-order chi connectivity index (χ0) is 27.7. The Morgan fingerprint density at radius 1 is 1.08 bits per heavy atom. The molecule has 0 saturated carbocycles. The predicted octanol–water partition coefficient (Wildman–Crippen LogP) is 3.48. The Hall–Kier alpha value is -3.34. The van der Waals surface area contributed by atoms with Crippen LogP contribution in [-0.4, -0.2) is 63.7 Å². The zero-order valence-corrected chi connectivity index (χ0v) is 22.9. The van der Waals surface area contributed by atoms with E-state index in [0.717, 1.165) is 19.1 Å². The summed E-state index contributed by atoms with van der Waals surface area (Å²) >= 11 is 0. The Morgan fingerprint density at radius 2 is 1.79 bits per heavy atom. The summed E-state index contributed by atoms with van der Waals surface area (Å²) in [4.78, 5) is 27.4. The van der Waals surface area contributed by atoms with E-state index in [-0.39, 0.29) is 37.7 Å². The molecule has 38 heavy (non-hydrogen) atoms. The molecule has 208 valence electrons. The first-order chi connectivity index (χ1) is 18.1. The number of hydrogen-bond acceptors (Lipinski definition) is 6. The van der Waals surface area contributed by atoms with Crippen LogP contribution in [0.4, 0.5) is 10.1 Å². The molecule has 0 saturated heterocycles. The largest absolute Gasteiger partial charge is 0.486 e. The van der Waals surface area contributed by atoms with E-state index >= 15 is 0 Å². The lowest BCUT2D eigenvalue weighted by molar-refractivity contribution is -0.140. The number of halogens is 1. The normalized spacial score (nSPS) is 13.5. The van der Waals surface area contributed by atoms with Crippen LogP contribution in [0.25, 0.3) is 0 Å². The molecule has 3 rings (SSSR count). The molecule has 11 heteroatoms. The van der Waals surface area contributed by atoms with E-state index in [0.29, 0.717) is 42.5 Å². The third-order valence-electron chi connectivity index (χ3n) is 6.26. The van der Waals surface area contributed by atoms with Crippen molar-refractivity contribution in [2.24, 2.45) is 0 Å². The molecule has 2 amide bonds. The quantitative estimate of drug-likeness (QED) is 0.384. The summed E-state index contributed by atoms with van der Waals surface area (Å²) in [6.07, 6.45) is 2.97. The fraction of sp³-hybridized carbons (Fsp3) is 0.481. The molecule has 0 bridgehead atoms. The Morgan fingerprint density at radius 3 is 2.47 bits per heavy atom. The average Bonchev–Trinajstić information content (AvgIpc) is 2.89. The minimum atomic E-state index is -3.66. The smallest absolute Gasteiger partial charge is 0.242 e. The van der Waals surface area contributed by atoms with Crippen molar-refractivity contribution >= 4 is 27.5 Å². The van der Waals surface area contributed by atoms with Crippen LogP contribution < -0.4 is 19.1 Å². The molecule has 1 atom stereocenters. The van der Waals surface area contributed by atoms with E-state index < -0.39 is 21.9 Å². The summed E-state index contributed by atoms with van der Waals surface area (Å²) < 4.78 is 51.8. The van der Waals surface area contributed by atoms with Crippen molar-refractivity contribution in [1.29, 1.82) is 0 Å². The second kappa shape index (κ2) is 13.5. The number of anilines is 1. The van der Waals surface area contributed by atoms with Crippen LogP contribution >= 0.6 is 0 Å².